The fraction of sp³-hybridized carbons (Fsp3) is 0.360. The van der Waals surface area contributed by atoms with E-state index in [1.807, 2.05) is 0 Å². The first kappa shape index (κ1) is 30.7. The van der Waals surface area contributed by atoms with Crippen molar-refractivity contribution in [3.8, 4) is 0 Å². The van der Waals surface area contributed by atoms with Crippen molar-refractivity contribution in [3.05, 3.63) is 64.2 Å². The highest BCUT2D eigenvalue weighted by Crippen LogP contribution is 2.39. The van der Waals surface area contributed by atoms with Gasteiger partial charge in [0.1, 0.15) is 5.41 Å². The molecule has 0 N–H and O–H groups in total. The maximum atomic E-state index is 13.5. The highest BCUT2D eigenvalue weighted by Gasteiger charge is 2.50. The van der Waals surface area contributed by atoms with Crippen molar-refractivity contribution in [1.82, 2.24) is 5.01 Å². The molecule has 2 aromatic carbocycles. The summed E-state index contributed by atoms with van der Waals surface area (Å²) in [5.41, 5.74) is -4.43. The van der Waals surface area contributed by atoms with Crippen LogP contribution < -0.4 is 4.90 Å². The number of ether oxygens (including phenoxy) is 2. The van der Waals surface area contributed by atoms with Crippen molar-refractivity contribution < 1.29 is 50.2 Å². The highest BCUT2D eigenvalue weighted by molar-refractivity contribution is 6.32. The predicted octanol–water partition coefficient (Wildman–Crippen LogP) is 6.75. The van der Waals surface area contributed by atoms with E-state index in [-0.39, 0.29) is 30.2 Å². The van der Waals surface area contributed by atoms with Gasteiger partial charge in [-0.25, -0.2) is 14.6 Å². The lowest BCUT2D eigenvalue weighted by molar-refractivity contribution is -0.150. The number of hydrogen-bond acceptors (Lipinski definition) is 6. The number of amides is 3. The Bertz CT molecular complexity index is 1330. The molecule has 1 aliphatic rings. The zero-order chi connectivity index (χ0) is 30.0. The Hall–Kier alpha value is -3.81. The summed E-state index contributed by atoms with van der Waals surface area (Å²) >= 11 is 5.86. The molecule has 3 amide bonds. The van der Waals surface area contributed by atoms with E-state index in [9.17, 15) is 40.7 Å². The van der Waals surface area contributed by atoms with Crippen LogP contribution in [0.25, 0.3) is 0 Å². The summed E-state index contributed by atoms with van der Waals surface area (Å²) in [7, 11) is 0. The van der Waals surface area contributed by atoms with Crippen LogP contribution >= 0.6 is 11.6 Å². The number of rotatable bonds is 5. The maximum Gasteiger partial charge on any atom is 0.422 e. The van der Waals surface area contributed by atoms with E-state index in [0.717, 1.165) is 24.3 Å². The van der Waals surface area contributed by atoms with E-state index in [2.05, 4.69) is 5.10 Å². The van der Waals surface area contributed by atoms with E-state index in [1.54, 1.807) is 0 Å². The summed E-state index contributed by atoms with van der Waals surface area (Å²) in [4.78, 5) is 39.6. The van der Waals surface area contributed by atoms with Crippen LogP contribution in [0.5, 0.6) is 0 Å². The zero-order valence-corrected chi connectivity index (χ0v) is 21.9. The summed E-state index contributed by atoms with van der Waals surface area (Å²) in [6, 6.07) is 4.47. The monoisotopic (exact) mass is 593 g/mol. The van der Waals surface area contributed by atoms with Crippen molar-refractivity contribution in [3.63, 3.8) is 0 Å². The number of anilines is 1. The molecule has 1 aliphatic heterocycles. The second-order valence-electron chi connectivity index (χ2n) is 8.61. The van der Waals surface area contributed by atoms with Gasteiger partial charge in [-0.3, -0.25) is 4.79 Å². The molecule has 216 valence electrons. The smallest absolute Gasteiger partial charge is 0.422 e. The zero-order valence-electron chi connectivity index (χ0n) is 21.2. The first-order chi connectivity index (χ1) is 18.5. The van der Waals surface area contributed by atoms with Gasteiger partial charge < -0.3 is 9.47 Å². The van der Waals surface area contributed by atoms with Gasteiger partial charge >= 0.3 is 30.4 Å². The van der Waals surface area contributed by atoms with Gasteiger partial charge in [-0.15, -0.1) is 0 Å². The van der Waals surface area contributed by atoms with Crippen molar-refractivity contribution >= 4 is 41.1 Å². The minimum absolute atomic E-state index is 0.0407. The first-order valence-electron chi connectivity index (χ1n) is 11.6. The number of carbonyl (C=O) groups excluding carboxylic acids is 3. The first-order valence-corrected chi connectivity index (χ1v) is 12.0. The molecule has 1 unspecified atom stereocenters. The molecule has 0 radical (unpaired) electrons. The molecule has 8 nitrogen and oxygen atoms in total. The van der Waals surface area contributed by atoms with Gasteiger partial charge in [0, 0.05) is 5.56 Å². The Kier molecular flexibility index (Phi) is 8.72. The standard InChI is InChI=1S/C25H22ClF6N3O5/c1-4-39-20(36)23(3)13-34(33-19(23)14-6-11-17(18(26)12-14)25(30,31)32)21(37)35(22(38)40-5-2)16-9-7-15(8-10-16)24(27,28)29/h6-12H,4-5,13H2,1-3H3. The van der Waals surface area contributed by atoms with Gasteiger partial charge in [-0.2, -0.15) is 36.3 Å². The maximum absolute atomic E-state index is 13.5. The number of carbonyl (C=O) groups is 3. The van der Waals surface area contributed by atoms with Gasteiger partial charge in [-0.1, -0.05) is 17.7 Å². The minimum Gasteiger partial charge on any atom is -0.465 e. The quantitative estimate of drug-likeness (QED) is 0.283. The van der Waals surface area contributed by atoms with Gasteiger partial charge in [0.15, 0.2) is 0 Å². The molecule has 0 aromatic heterocycles. The summed E-state index contributed by atoms with van der Waals surface area (Å²) < 4.78 is 88.8. The number of imide groups is 1. The van der Waals surface area contributed by atoms with Gasteiger partial charge in [-0.05, 0) is 57.2 Å². The molecule has 15 heteroatoms. The number of esters is 1. The highest BCUT2D eigenvalue weighted by atomic mass is 35.5. The van der Waals surface area contributed by atoms with Crippen LogP contribution in [0.4, 0.5) is 41.6 Å². The van der Waals surface area contributed by atoms with E-state index in [0.29, 0.717) is 28.1 Å². The van der Waals surface area contributed by atoms with Crippen molar-refractivity contribution in [2.75, 3.05) is 24.7 Å². The summed E-state index contributed by atoms with van der Waals surface area (Å²) in [5, 5.41) is 4.10. The topological polar surface area (TPSA) is 88.5 Å². The largest absolute Gasteiger partial charge is 0.465 e. The molecule has 0 fully saturated rings. The second kappa shape index (κ2) is 11.4. The molecule has 0 bridgehead atoms. The van der Waals surface area contributed by atoms with Gasteiger partial charge in [0.2, 0.25) is 0 Å². The third kappa shape index (κ3) is 6.16. The van der Waals surface area contributed by atoms with Crippen LogP contribution in [0.2, 0.25) is 5.02 Å². The van der Waals surface area contributed by atoms with E-state index >= 15 is 0 Å². The van der Waals surface area contributed by atoms with E-state index in [4.69, 9.17) is 21.1 Å². The average molecular weight is 594 g/mol. The Labute approximate surface area is 229 Å². The molecular formula is C25H22ClF6N3O5. The molecule has 0 aliphatic carbocycles. The number of urea groups is 1. The van der Waals surface area contributed by atoms with Crippen molar-refractivity contribution in [1.29, 1.82) is 0 Å². The van der Waals surface area contributed by atoms with Crippen LogP contribution in [0.3, 0.4) is 0 Å². The summed E-state index contributed by atoms with van der Waals surface area (Å²) in [5.74, 6) is -0.878. The lowest BCUT2D eigenvalue weighted by Crippen LogP contribution is -2.47. The number of hydrogen-bond donors (Lipinski definition) is 0. The fourth-order valence-electron chi connectivity index (χ4n) is 3.87. The molecule has 1 heterocycles. The normalized spacial score (nSPS) is 17.4. The lowest BCUT2D eigenvalue weighted by atomic mass is 9.82. The van der Waals surface area contributed by atoms with Crippen molar-refractivity contribution in [2.24, 2.45) is 10.5 Å². The SMILES string of the molecule is CCOC(=O)N(C(=O)N1CC(C)(C(=O)OCC)C(c2ccc(C(F)(F)F)c(Cl)c2)=N1)c1ccc(C(F)(F)F)cc1. The van der Waals surface area contributed by atoms with Gasteiger partial charge in [0.25, 0.3) is 0 Å². The Morgan fingerprint density at radius 1 is 0.975 bits per heavy atom. The number of benzene rings is 2. The number of halogens is 7. The Morgan fingerprint density at radius 3 is 2.08 bits per heavy atom. The summed E-state index contributed by atoms with van der Waals surface area (Å²) in [6.07, 6.45) is -10.7. The van der Waals surface area contributed by atoms with Crippen LogP contribution in [0, 0.1) is 5.41 Å². The molecule has 1 atom stereocenters. The third-order valence-corrected chi connectivity index (χ3v) is 6.11. The molecule has 40 heavy (non-hydrogen) atoms. The minimum atomic E-state index is -4.76. The Balaban J connectivity index is 2.09. The second-order valence-corrected chi connectivity index (χ2v) is 9.02. The molecule has 0 saturated carbocycles. The number of alkyl halides is 6. The molecular weight excluding hydrogens is 572 g/mol. The van der Waals surface area contributed by atoms with Crippen molar-refractivity contribution in [2.45, 2.75) is 33.1 Å². The number of nitrogens with zero attached hydrogens (tertiary/aromatic N) is 3. The predicted molar refractivity (Wildman–Crippen MR) is 131 cm³/mol. The van der Waals surface area contributed by atoms with Crippen LogP contribution in [-0.4, -0.2) is 48.6 Å². The number of hydrazone groups is 1. The van der Waals surface area contributed by atoms with Gasteiger partial charge in [0.05, 0.1) is 47.3 Å². The Morgan fingerprint density at radius 2 is 1.57 bits per heavy atom. The molecule has 0 saturated heterocycles. The summed E-state index contributed by atoms with van der Waals surface area (Å²) in [6.45, 7) is 3.47. The molecule has 0 spiro atoms. The van der Waals surface area contributed by atoms with Crippen LogP contribution in [0.1, 0.15) is 37.5 Å². The van der Waals surface area contributed by atoms with E-state index < -0.39 is 58.6 Å². The van der Waals surface area contributed by atoms with E-state index in [1.165, 1.54) is 20.8 Å². The molecule has 3 rings (SSSR count). The van der Waals surface area contributed by atoms with Crippen LogP contribution in [0.15, 0.2) is 47.6 Å². The third-order valence-electron chi connectivity index (χ3n) is 5.80. The lowest BCUT2D eigenvalue weighted by Gasteiger charge is -2.27. The molecule has 2 aromatic rings. The fourth-order valence-corrected chi connectivity index (χ4v) is 4.16. The average Bonchev–Trinajstić information content (AvgIpc) is 3.22. The van der Waals surface area contributed by atoms with Crippen LogP contribution in [-0.2, 0) is 26.6 Å².